The Morgan fingerprint density at radius 1 is 1.13 bits per heavy atom. The first-order valence-electron chi connectivity index (χ1n) is 10.0. The zero-order valence-corrected chi connectivity index (χ0v) is 19.9. The largest absolute Gasteiger partial charge is 0.484 e. The van der Waals surface area contributed by atoms with Crippen molar-refractivity contribution >= 4 is 39.3 Å². The molecule has 2 amide bonds. The Labute approximate surface area is 191 Å². The number of amides is 2. The van der Waals surface area contributed by atoms with Crippen molar-refractivity contribution in [2.45, 2.75) is 39.8 Å². The third kappa shape index (κ3) is 7.33. The molecular formula is C23H28BrClN2O3. The lowest BCUT2D eigenvalue weighted by Crippen LogP contribution is -2.50. The van der Waals surface area contributed by atoms with Gasteiger partial charge in [0.1, 0.15) is 11.8 Å². The zero-order chi connectivity index (χ0) is 22.1. The zero-order valence-electron chi connectivity index (χ0n) is 17.5. The van der Waals surface area contributed by atoms with Crippen molar-refractivity contribution in [3.05, 3.63) is 63.6 Å². The standard InChI is InChI=1S/C23H28BrClN2O3/c1-4-21(23(29)26-13-16(2)3)27(14-17-7-5-6-8-20(17)25)22(28)15-30-19-11-9-18(24)10-12-19/h5-12,16,21H,4,13-15H2,1-3H3,(H,26,29). The molecule has 0 aliphatic carbocycles. The first kappa shape index (κ1) is 24.2. The fraction of sp³-hybridized carbons (Fsp3) is 0.391. The minimum atomic E-state index is -0.610. The summed E-state index contributed by atoms with van der Waals surface area (Å²) in [5.41, 5.74) is 0.784. The summed E-state index contributed by atoms with van der Waals surface area (Å²) in [6.07, 6.45) is 0.485. The lowest BCUT2D eigenvalue weighted by Gasteiger charge is -2.31. The van der Waals surface area contributed by atoms with Gasteiger partial charge in [-0.3, -0.25) is 9.59 Å². The summed E-state index contributed by atoms with van der Waals surface area (Å²) in [6.45, 7) is 6.57. The lowest BCUT2D eigenvalue weighted by atomic mass is 10.1. The number of rotatable bonds is 10. The van der Waals surface area contributed by atoms with Crippen LogP contribution >= 0.6 is 27.5 Å². The number of hydrogen-bond acceptors (Lipinski definition) is 3. The first-order chi connectivity index (χ1) is 14.3. The van der Waals surface area contributed by atoms with E-state index in [4.69, 9.17) is 16.3 Å². The maximum Gasteiger partial charge on any atom is 0.261 e. The molecule has 1 N–H and O–H groups in total. The summed E-state index contributed by atoms with van der Waals surface area (Å²) in [4.78, 5) is 27.5. The molecule has 0 bridgehead atoms. The predicted molar refractivity (Wildman–Crippen MR) is 124 cm³/mol. The topological polar surface area (TPSA) is 58.6 Å². The molecule has 0 aliphatic heterocycles. The third-order valence-electron chi connectivity index (χ3n) is 4.54. The first-order valence-corrected chi connectivity index (χ1v) is 11.2. The quantitative estimate of drug-likeness (QED) is 0.501. The van der Waals surface area contributed by atoms with Gasteiger partial charge >= 0.3 is 0 Å². The smallest absolute Gasteiger partial charge is 0.261 e. The van der Waals surface area contributed by atoms with Crippen LogP contribution in [0.2, 0.25) is 5.02 Å². The Kier molecular flexibility index (Phi) is 9.66. The van der Waals surface area contributed by atoms with Gasteiger partial charge in [0.2, 0.25) is 5.91 Å². The molecule has 0 radical (unpaired) electrons. The molecule has 0 saturated carbocycles. The van der Waals surface area contributed by atoms with E-state index in [-0.39, 0.29) is 25.0 Å². The molecule has 2 rings (SSSR count). The van der Waals surface area contributed by atoms with Crippen molar-refractivity contribution in [2.75, 3.05) is 13.2 Å². The van der Waals surface area contributed by atoms with Gasteiger partial charge in [-0.15, -0.1) is 0 Å². The van der Waals surface area contributed by atoms with Crippen LogP contribution in [0.1, 0.15) is 32.8 Å². The second-order valence-corrected chi connectivity index (χ2v) is 8.74. The summed E-state index contributed by atoms with van der Waals surface area (Å²) < 4.78 is 6.59. The van der Waals surface area contributed by atoms with E-state index in [2.05, 4.69) is 21.2 Å². The minimum absolute atomic E-state index is 0.167. The van der Waals surface area contributed by atoms with Crippen molar-refractivity contribution < 1.29 is 14.3 Å². The number of benzene rings is 2. The molecule has 2 aromatic carbocycles. The van der Waals surface area contributed by atoms with E-state index < -0.39 is 6.04 Å². The van der Waals surface area contributed by atoms with Gasteiger partial charge < -0.3 is 15.0 Å². The molecule has 0 aromatic heterocycles. The molecule has 0 saturated heterocycles. The number of nitrogens with one attached hydrogen (secondary N) is 1. The van der Waals surface area contributed by atoms with E-state index in [0.29, 0.717) is 29.7 Å². The molecule has 0 aliphatic rings. The van der Waals surface area contributed by atoms with Crippen molar-refractivity contribution in [2.24, 2.45) is 5.92 Å². The molecular weight excluding hydrogens is 468 g/mol. The monoisotopic (exact) mass is 494 g/mol. The van der Waals surface area contributed by atoms with Crippen LogP contribution in [-0.4, -0.2) is 35.9 Å². The van der Waals surface area contributed by atoms with Crippen LogP contribution in [0.5, 0.6) is 5.75 Å². The van der Waals surface area contributed by atoms with Gasteiger partial charge in [-0.25, -0.2) is 0 Å². The molecule has 0 spiro atoms. The Morgan fingerprint density at radius 2 is 1.80 bits per heavy atom. The highest BCUT2D eigenvalue weighted by molar-refractivity contribution is 9.10. The van der Waals surface area contributed by atoms with E-state index in [1.54, 1.807) is 23.1 Å². The molecule has 2 aromatic rings. The van der Waals surface area contributed by atoms with Gasteiger partial charge in [0.05, 0.1) is 0 Å². The normalized spacial score (nSPS) is 11.8. The molecule has 0 fully saturated rings. The van der Waals surface area contributed by atoms with Crippen molar-refractivity contribution in [3.63, 3.8) is 0 Å². The van der Waals surface area contributed by atoms with Crippen LogP contribution in [0.3, 0.4) is 0 Å². The maximum atomic E-state index is 13.1. The second-order valence-electron chi connectivity index (χ2n) is 7.42. The van der Waals surface area contributed by atoms with Crippen LogP contribution < -0.4 is 10.1 Å². The average Bonchev–Trinajstić information content (AvgIpc) is 2.72. The van der Waals surface area contributed by atoms with Gasteiger partial charge in [-0.05, 0) is 48.2 Å². The molecule has 1 unspecified atom stereocenters. The Bertz CT molecular complexity index is 843. The van der Waals surface area contributed by atoms with Crippen LogP contribution in [0.25, 0.3) is 0 Å². The van der Waals surface area contributed by atoms with Gasteiger partial charge in [0, 0.05) is 22.6 Å². The molecule has 0 heterocycles. The summed E-state index contributed by atoms with van der Waals surface area (Å²) in [6, 6.07) is 14.0. The Hall–Kier alpha value is -2.05. The van der Waals surface area contributed by atoms with E-state index in [0.717, 1.165) is 10.0 Å². The number of carbonyl (C=O) groups is 2. The average molecular weight is 496 g/mol. The van der Waals surface area contributed by atoms with Crippen molar-refractivity contribution in [3.8, 4) is 5.75 Å². The summed E-state index contributed by atoms with van der Waals surface area (Å²) in [5, 5.41) is 3.49. The van der Waals surface area contributed by atoms with Crippen molar-refractivity contribution in [1.29, 1.82) is 0 Å². The van der Waals surface area contributed by atoms with Crippen LogP contribution in [0.4, 0.5) is 0 Å². The molecule has 1 atom stereocenters. The van der Waals surface area contributed by atoms with Gasteiger partial charge in [0.25, 0.3) is 5.91 Å². The highest BCUT2D eigenvalue weighted by Crippen LogP contribution is 2.21. The van der Waals surface area contributed by atoms with E-state index in [9.17, 15) is 9.59 Å². The third-order valence-corrected chi connectivity index (χ3v) is 5.44. The predicted octanol–water partition coefficient (Wildman–Crippen LogP) is 5.06. The van der Waals surface area contributed by atoms with E-state index in [1.807, 2.05) is 51.1 Å². The van der Waals surface area contributed by atoms with Gasteiger partial charge in [-0.2, -0.15) is 0 Å². The Morgan fingerprint density at radius 3 is 2.40 bits per heavy atom. The second kappa shape index (κ2) is 12.0. The SMILES string of the molecule is CCC(C(=O)NCC(C)C)N(Cc1ccccc1Cl)C(=O)COc1ccc(Br)cc1. The summed E-state index contributed by atoms with van der Waals surface area (Å²) >= 11 is 9.69. The van der Waals surface area contributed by atoms with Gasteiger partial charge in [-0.1, -0.05) is 66.5 Å². The maximum absolute atomic E-state index is 13.1. The number of carbonyl (C=O) groups excluding carboxylic acids is 2. The number of hydrogen-bond donors (Lipinski definition) is 1. The highest BCUT2D eigenvalue weighted by Gasteiger charge is 2.29. The lowest BCUT2D eigenvalue weighted by molar-refractivity contribution is -0.143. The summed E-state index contributed by atoms with van der Waals surface area (Å²) in [5.74, 6) is 0.459. The van der Waals surface area contributed by atoms with E-state index >= 15 is 0 Å². The molecule has 5 nitrogen and oxygen atoms in total. The minimum Gasteiger partial charge on any atom is -0.484 e. The van der Waals surface area contributed by atoms with Gasteiger partial charge in [0.15, 0.2) is 6.61 Å². The number of nitrogens with zero attached hydrogens (tertiary/aromatic N) is 1. The number of ether oxygens (including phenoxy) is 1. The highest BCUT2D eigenvalue weighted by atomic mass is 79.9. The van der Waals surface area contributed by atoms with Crippen molar-refractivity contribution in [1.82, 2.24) is 10.2 Å². The summed E-state index contributed by atoms with van der Waals surface area (Å²) in [7, 11) is 0. The molecule has 162 valence electrons. The van der Waals surface area contributed by atoms with Crippen LogP contribution in [0, 0.1) is 5.92 Å². The fourth-order valence-corrected chi connectivity index (χ4v) is 3.37. The fourth-order valence-electron chi connectivity index (χ4n) is 2.91. The molecule has 30 heavy (non-hydrogen) atoms. The number of halogens is 2. The van der Waals surface area contributed by atoms with Crippen LogP contribution in [0.15, 0.2) is 53.0 Å². The van der Waals surface area contributed by atoms with Crippen LogP contribution in [-0.2, 0) is 16.1 Å². The van der Waals surface area contributed by atoms with E-state index in [1.165, 1.54) is 0 Å². The Balaban J connectivity index is 2.19. The molecule has 7 heteroatoms.